The molecule has 4 aromatic rings. The van der Waals surface area contributed by atoms with E-state index in [0.717, 1.165) is 36.9 Å². The summed E-state index contributed by atoms with van der Waals surface area (Å²) in [4.78, 5) is 40.4. The molecule has 0 bridgehead atoms. The number of rotatable bonds is 13. The summed E-state index contributed by atoms with van der Waals surface area (Å²) in [5, 5.41) is 13.6. The highest BCUT2D eigenvalue weighted by atomic mass is 35.5. The Bertz CT molecular complexity index is 1590. The van der Waals surface area contributed by atoms with Crippen LogP contribution in [0.2, 0.25) is 5.02 Å². The molecule has 44 heavy (non-hydrogen) atoms. The van der Waals surface area contributed by atoms with Gasteiger partial charge in [0.15, 0.2) is 5.78 Å². The van der Waals surface area contributed by atoms with Gasteiger partial charge in [0.05, 0.1) is 6.54 Å². The molecule has 1 amide bonds. The van der Waals surface area contributed by atoms with Crippen LogP contribution in [0.3, 0.4) is 0 Å². The number of nitrogens with zero attached hydrogens (tertiary/aromatic N) is 1. The number of halogens is 1. The minimum Gasteiger partial charge on any atom is -0.492 e. The van der Waals surface area contributed by atoms with E-state index in [2.05, 4.69) is 5.32 Å². The molecule has 0 spiro atoms. The number of benzene rings is 4. The SMILES string of the molecule is O=C(c1ccccc1)c1ccccc1N[C@@H](Cc1ccc(OCCN(C(=O)C2CCCC2)c2cccc(Cl)c2)cc1)C(=O)O. The number of carboxylic acids is 1. The molecule has 0 aromatic heterocycles. The first-order chi connectivity index (χ1) is 21.4. The summed E-state index contributed by atoms with van der Waals surface area (Å²) in [6.07, 6.45) is 4.14. The number of ketones is 1. The molecule has 7 nitrogen and oxygen atoms in total. The van der Waals surface area contributed by atoms with E-state index < -0.39 is 12.0 Å². The molecule has 1 aliphatic rings. The molecule has 4 aromatic carbocycles. The number of amides is 1. The first kappa shape index (κ1) is 30.8. The molecule has 1 atom stereocenters. The number of ether oxygens (including phenoxy) is 1. The van der Waals surface area contributed by atoms with E-state index in [1.165, 1.54) is 0 Å². The number of hydrogen-bond acceptors (Lipinski definition) is 5. The summed E-state index contributed by atoms with van der Waals surface area (Å²) in [5.41, 5.74) is 2.95. The number of carboxylic acid groups (broad SMARTS) is 1. The number of aliphatic carboxylic acids is 1. The van der Waals surface area contributed by atoms with E-state index in [-0.39, 0.29) is 30.6 Å². The molecule has 0 aliphatic heterocycles. The van der Waals surface area contributed by atoms with Crippen LogP contribution < -0.4 is 15.0 Å². The van der Waals surface area contributed by atoms with Crippen LogP contribution in [0.1, 0.15) is 47.2 Å². The van der Waals surface area contributed by atoms with E-state index in [4.69, 9.17) is 16.3 Å². The molecule has 1 fully saturated rings. The first-order valence-corrected chi connectivity index (χ1v) is 15.2. The van der Waals surface area contributed by atoms with Gasteiger partial charge in [-0.15, -0.1) is 0 Å². The second-order valence-electron chi connectivity index (χ2n) is 10.9. The number of nitrogens with one attached hydrogen (secondary N) is 1. The van der Waals surface area contributed by atoms with Gasteiger partial charge in [0, 0.05) is 39.9 Å². The van der Waals surface area contributed by atoms with E-state index in [1.54, 1.807) is 77.7 Å². The lowest BCUT2D eigenvalue weighted by Crippen LogP contribution is -2.38. The minimum absolute atomic E-state index is 0.0208. The molecule has 226 valence electrons. The van der Waals surface area contributed by atoms with Gasteiger partial charge in [-0.05, 0) is 60.9 Å². The maximum absolute atomic E-state index is 13.3. The smallest absolute Gasteiger partial charge is 0.326 e. The van der Waals surface area contributed by atoms with Crippen molar-refractivity contribution in [3.8, 4) is 5.75 Å². The van der Waals surface area contributed by atoms with Crippen LogP contribution >= 0.6 is 11.6 Å². The average molecular weight is 611 g/mol. The molecule has 0 unspecified atom stereocenters. The van der Waals surface area contributed by atoms with E-state index in [9.17, 15) is 19.5 Å². The Morgan fingerprint density at radius 2 is 1.59 bits per heavy atom. The van der Waals surface area contributed by atoms with Crippen molar-refractivity contribution in [3.63, 3.8) is 0 Å². The summed E-state index contributed by atoms with van der Waals surface area (Å²) < 4.78 is 5.99. The van der Waals surface area contributed by atoms with Crippen molar-refractivity contribution in [2.45, 2.75) is 38.1 Å². The van der Waals surface area contributed by atoms with E-state index in [0.29, 0.717) is 34.1 Å². The molecule has 0 saturated heterocycles. The van der Waals surface area contributed by atoms with Crippen molar-refractivity contribution in [1.29, 1.82) is 0 Å². The zero-order valence-electron chi connectivity index (χ0n) is 24.3. The van der Waals surface area contributed by atoms with Gasteiger partial charge in [0.2, 0.25) is 5.91 Å². The van der Waals surface area contributed by atoms with Crippen molar-refractivity contribution in [2.24, 2.45) is 5.92 Å². The third-order valence-electron chi connectivity index (χ3n) is 7.87. The Labute approximate surface area is 262 Å². The predicted molar refractivity (Wildman–Crippen MR) is 173 cm³/mol. The number of para-hydroxylation sites is 1. The maximum atomic E-state index is 13.3. The minimum atomic E-state index is -1.03. The van der Waals surface area contributed by atoms with E-state index in [1.807, 2.05) is 30.3 Å². The number of hydrogen-bond donors (Lipinski definition) is 2. The lowest BCUT2D eigenvalue weighted by atomic mass is 10.00. The Hall–Kier alpha value is -4.62. The summed E-state index contributed by atoms with van der Waals surface area (Å²) in [6, 6.07) is 29.4. The molecule has 5 rings (SSSR count). The third kappa shape index (κ3) is 7.85. The van der Waals surface area contributed by atoms with Crippen LogP contribution in [0.4, 0.5) is 11.4 Å². The molecular formula is C36H35ClN2O5. The van der Waals surface area contributed by atoms with Crippen molar-refractivity contribution >= 4 is 40.6 Å². The van der Waals surface area contributed by atoms with Gasteiger partial charge in [0.25, 0.3) is 0 Å². The normalized spacial score (nSPS) is 13.7. The molecule has 1 aliphatic carbocycles. The lowest BCUT2D eigenvalue weighted by Gasteiger charge is -2.26. The fraction of sp³-hybridized carbons (Fsp3) is 0.250. The number of carbonyl (C=O) groups is 3. The van der Waals surface area contributed by atoms with Crippen molar-refractivity contribution in [3.05, 3.63) is 125 Å². The van der Waals surface area contributed by atoms with Gasteiger partial charge in [-0.25, -0.2) is 4.79 Å². The summed E-state index contributed by atoms with van der Waals surface area (Å²) in [5.74, 6) is -0.472. The number of carbonyl (C=O) groups excluding carboxylic acids is 2. The monoisotopic (exact) mass is 610 g/mol. The van der Waals surface area contributed by atoms with Gasteiger partial charge in [-0.2, -0.15) is 0 Å². The molecule has 2 N–H and O–H groups in total. The Morgan fingerprint density at radius 3 is 2.30 bits per heavy atom. The van der Waals surface area contributed by atoms with Crippen LogP contribution in [0.5, 0.6) is 5.75 Å². The van der Waals surface area contributed by atoms with Gasteiger partial charge >= 0.3 is 5.97 Å². The third-order valence-corrected chi connectivity index (χ3v) is 8.11. The van der Waals surface area contributed by atoms with Crippen molar-refractivity contribution in [2.75, 3.05) is 23.4 Å². The summed E-state index contributed by atoms with van der Waals surface area (Å²) in [7, 11) is 0. The highest BCUT2D eigenvalue weighted by molar-refractivity contribution is 6.30. The zero-order valence-corrected chi connectivity index (χ0v) is 25.1. The van der Waals surface area contributed by atoms with E-state index >= 15 is 0 Å². The van der Waals surface area contributed by atoms with Crippen LogP contribution in [-0.4, -0.2) is 42.0 Å². The molecule has 8 heteroatoms. The van der Waals surface area contributed by atoms with Gasteiger partial charge in [0.1, 0.15) is 18.4 Å². The first-order valence-electron chi connectivity index (χ1n) is 14.9. The lowest BCUT2D eigenvalue weighted by molar-refractivity contribution is -0.137. The van der Waals surface area contributed by atoms with Crippen LogP contribution in [0, 0.1) is 5.92 Å². The van der Waals surface area contributed by atoms with Gasteiger partial charge in [-0.1, -0.05) is 85.1 Å². The quantitative estimate of drug-likeness (QED) is 0.154. The Morgan fingerprint density at radius 1 is 0.886 bits per heavy atom. The fourth-order valence-electron chi connectivity index (χ4n) is 5.56. The van der Waals surface area contributed by atoms with Crippen molar-refractivity contribution in [1.82, 2.24) is 0 Å². The maximum Gasteiger partial charge on any atom is 0.326 e. The molecule has 1 saturated carbocycles. The van der Waals surface area contributed by atoms with Gasteiger partial charge in [-0.3, -0.25) is 9.59 Å². The highest BCUT2D eigenvalue weighted by Crippen LogP contribution is 2.30. The predicted octanol–water partition coefficient (Wildman–Crippen LogP) is 7.28. The topological polar surface area (TPSA) is 95.9 Å². The average Bonchev–Trinajstić information content (AvgIpc) is 3.59. The zero-order chi connectivity index (χ0) is 30.9. The molecule has 0 heterocycles. The van der Waals surface area contributed by atoms with Crippen LogP contribution in [0.25, 0.3) is 0 Å². The Kier molecular flexibility index (Phi) is 10.3. The highest BCUT2D eigenvalue weighted by Gasteiger charge is 2.28. The summed E-state index contributed by atoms with van der Waals surface area (Å²) in [6.45, 7) is 0.666. The number of anilines is 2. The largest absolute Gasteiger partial charge is 0.492 e. The van der Waals surface area contributed by atoms with Gasteiger partial charge < -0.3 is 20.1 Å². The fourth-order valence-corrected chi connectivity index (χ4v) is 5.74. The standard InChI is InChI=1S/C36H35ClN2O5/c37-28-13-8-14-29(24-28)39(35(41)27-11-4-5-12-27)21-22-44-30-19-17-25(18-20-30)23-33(36(42)43)38-32-16-7-6-15-31(32)34(40)26-9-2-1-3-10-26/h1-3,6-10,13-20,24,27,33,38H,4-5,11-12,21-23H2,(H,42,43)/t33-/m0/s1. The molecular weight excluding hydrogens is 576 g/mol. The second-order valence-corrected chi connectivity index (χ2v) is 11.4. The van der Waals surface area contributed by atoms with Crippen molar-refractivity contribution < 1.29 is 24.2 Å². The molecule has 0 radical (unpaired) electrons. The van der Waals surface area contributed by atoms with Crippen LogP contribution in [0.15, 0.2) is 103 Å². The summed E-state index contributed by atoms with van der Waals surface area (Å²) >= 11 is 6.22. The Balaban J connectivity index is 1.21. The second kappa shape index (κ2) is 14.7. The van der Waals surface area contributed by atoms with Crippen LogP contribution in [-0.2, 0) is 16.0 Å².